The van der Waals surface area contributed by atoms with Gasteiger partial charge in [-0.15, -0.1) is 0 Å². The molecule has 100 valence electrons. The first-order chi connectivity index (χ1) is 9.15. The second kappa shape index (κ2) is 6.38. The van der Waals surface area contributed by atoms with Crippen LogP contribution in [0.5, 0.6) is 5.75 Å². The Bertz CT molecular complexity index is 567. The number of nitrogens with one attached hydrogen (secondary N) is 1. The van der Waals surface area contributed by atoms with E-state index in [-0.39, 0.29) is 5.75 Å². The SMILES string of the molecule is C[S@](=O)Cc1ccccc1NCc1ccc(O)cc1. The minimum Gasteiger partial charge on any atom is -0.508 e. The van der Waals surface area contributed by atoms with Gasteiger partial charge in [0, 0.05) is 29.3 Å². The maximum atomic E-state index is 11.3. The molecule has 0 aliphatic carbocycles. The van der Waals surface area contributed by atoms with E-state index in [4.69, 9.17) is 0 Å². The molecule has 0 saturated carbocycles. The van der Waals surface area contributed by atoms with E-state index in [0.29, 0.717) is 12.3 Å². The molecule has 0 aromatic heterocycles. The van der Waals surface area contributed by atoms with Gasteiger partial charge in [-0.05, 0) is 29.3 Å². The number of phenolic OH excluding ortho intramolecular Hbond substituents is 1. The lowest BCUT2D eigenvalue weighted by molar-refractivity contribution is 0.475. The molecule has 19 heavy (non-hydrogen) atoms. The molecule has 3 nitrogen and oxygen atoms in total. The molecule has 2 aromatic carbocycles. The first-order valence-electron chi connectivity index (χ1n) is 6.05. The molecule has 0 aliphatic heterocycles. The van der Waals surface area contributed by atoms with Gasteiger partial charge in [-0.3, -0.25) is 4.21 Å². The molecule has 0 heterocycles. The van der Waals surface area contributed by atoms with Crippen molar-refractivity contribution in [1.82, 2.24) is 0 Å². The summed E-state index contributed by atoms with van der Waals surface area (Å²) in [6, 6.07) is 15.0. The average Bonchev–Trinajstić information content (AvgIpc) is 2.39. The predicted octanol–water partition coefficient (Wildman–Crippen LogP) is 2.88. The summed E-state index contributed by atoms with van der Waals surface area (Å²) in [6.45, 7) is 0.674. The van der Waals surface area contributed by atoms with E-state index >= 15 is 0 Å². The molecule has 0 aliphatic rings. The van der Waals surface area contributed by atoms with Crippen molar-refractivity contribution in [3.8, 4) is 5.75 Å². The third kappa shape index (κ3) is 4.10. The number of anilines is 1. The summed E-state index contributed by atoms with van der Waals surface area (Å²) in [6.07, 6.45) is 1.71. The van der Waals surface area contributed by atoms with E-state index in [0.717, 1.165) is 16.8 Å². The van der Waals surface area contributed by atoms with Gasteiger partial charge >= 0.3 is 0 Å². The number of rotatable bonds is 5. The molecule has 0 fully saturated rings. The maximum Gasteiger partial charge on any atom is 0.115 e. The van der Waals surface area contributed by atoms with Crippen LogP contribution in [0.1, 0.15) is 11.1 Å². The standard InChI is InChI=1S/C15H17NO2S/c1-19(18)11-13-4-2-3-5-15(13)16-10-12-6-8-14(17)9-7-12/h2-9,16-17H,10-11H2,1H3/t19-/m0/s1. The summed E-state index contributed by atoms with van der Waals surface area (Å²) in [5.74, 6) is 0.823. The first kappa shape index (κ1) is 13.6. The van der Waals surface area contributed by atoms with E-state index in [9.17, 15) is 9.32 Å². The molecular weight excluding hydrogens is 258 g/mol. The third-order valence-electron chi connectivity index (χ3n) is 2.80. The second-order valence-electron chi connectivity index (χ2n) is 4.39. The van der Waals surface area contributed by atoms with Crippen LogP contribution in [0.2, 0.25) is 0 Å². The van der Waals surface area contributed by atoms with Crippen LogP contribution in [0.3, 0.4) is 0 Å². The summed E-state index contributed by atoms with van der Waals surface area (Å²) in [7, 11) is -0.851. The number of para-hydroxylation sites is 1. The minimum absolute atomic E-state index is 0.269. The van der Waals surface area contributed by atoms with Crippen LogP contribution in [0, 0.1) is 0 Å². The van der Waals surface area contributed by atoms with Crippen molar-refractivity contribution in [2.24, 2.45) is 0 Å². The lowest BCUT2D eigenvalue weighted by Crippen LogP contribution is -2.03. The molecule has 2 rings (SSSR count). The van der Waals surface area contributed by atoms with E-state index in [2.05, 4.69) is 5.32 Å². The van der Waals surface area contributed by atoms with Crippen molar-refractivity contribution >= 4 is 16.5 Å². The van der Waals surface area contributed by atoms with Crippen molar-refractivity contribution in [2.75, 3.05) is 11.6 Å². The molecule has 4 heteroatoms. The zero-order valence-corrected chi connectivity index (χ0v) is 11.6. The van der Waals surface area contributed by atoms with Crippen molar-refractivity contribution in [2.45, 2.75) is 12.3 Å². The fourth-order valence-corrected chi connectivity index (χ4v) is 2.54. The van der Waals surface area contributed by atoms with E-state index < -0.39 is 10.8 Å². The molecule has 1 atom stereocenters. The molecule has 0 spiro atoms. The largest absolute Gasteiger partial charge is 0.508 e. The highest BCUT2D eigenvalue weighted by Gasteiger charge is 2.03. The van der Waals surface area contributed by atoms with E-state index in [1.54, 1.807) is 18.4 Å². The zero-order valence-electron chi connectivity index (χ0n) is 10.8. The van der Waals surface area contributed by atoms with Crippen molar-refractivity contribution in [1.29, 1.82) is 0 Å². The quantitative estimate of drug-likeness (QED) is 0.882. The Morgan fingerprint density at radius 2 is 1.79 bits per heavy atom. The molecule has 2 aromatic rings. The Hall–Kier alpha value is -1.81. The lowest BCUT2D eigenvalue weighted by atomic mass is 10.1. The van der Waals surface area contributed by atoms with Gasteiger partial charge in [0.15, 0.2) is 0 Å². The smallest absolute Gasteiger partial charge is 0.115 e. The summed E-state index contributed by atoms with van der Waals surface area (Å²) < 4.78 is 11.3. The Labute approximate surface area is 115 Å². The van der Waals surface area contributed by atoms with Gasteiger partial charge in [0.25, 0.3) is 0 Å². The topological polar surface area (TPSA) is 49.3 Å². The van der Waals surface area contributed by atoms with Crippen LogP contribution in [0.25, 0.3) is 0 Å². The Kier molecular flexibility index (Phi) is 4.58. The summed E-state index contributed by atoms with van der Waals surface area (Å²) in [4.78, 5) is 0. The van der Waals surface area contributed by atoms with Crippen molar-refractivity contribution in [3.05, 3.63) is 59.7 Å². The molecule has 0 saturated heterocycles. The van der Waals surface area contributed by atoms with Gasteiger partial charge in [-0.1, -0.05) is 30.3 Å². The van der Waals surface area contributed by atoms with Crippen LogP contribution in [0.15, 0.2) is 48.5 Å². The van der Waals surface area contributed by atoms with Crippen LogP contribution in [-0.4, -0.2) is 15.6 Å². The fourth-order valence-electron chi connectivity index (χ4n) is 1.85. The van der Waals surface area contributed by atoms with Crippen molar-refractivity contribution in [3.63, 3.8) is 0 Å². The normalized spacial score (nSPS) is 12.1. The molecule has 0 amide bonds. The number of phenols is 1. The maximum absolute atomic E-state index is 11.3. The van der Waals surface area contributed by atoms with E-state index in [1.807, 2.05) is 36.4 Å². The fraction of sp³-hybridized carbons (Fsp3) is 0.200. The second-order valence-corrected chi connectivity index (χ2v) is 5.83. The summed E-state index contributed by atoms with van der Waals surface area (Å²) in [5, 5.41) is 12.6. The van der Waals surface area contributed by atoms with Gasteiger partial charge in [-0.2, -0.15) is 0 Å². The van der Waals surface area contributed by atoms with Gasteiger partial charge in [0.1, 0.15) is 5.75 Å². The molecular formula is C15H17NO2S. The van der Waals surface area contributed by atoms with Gasteiger partial charge in [0.2, 0.25) is 0 Å². The number of benzene rings is 2. The Morgan fingerprint density at radius 3 is 2.47 bits per heavy atom. The molecule has 0 radical (unpaired) electrons. The Morgan fingerprint density at radius 1 is 1.11 bits per heavy atom. The number of hydrogen-bond donors (Lipinski definition) is 2. The number of aromatic hydroxyl groups is 1. The number of hydrogen-bond acceptors (Lipinski definition) is 3. The van der Waals surface area contributed by atoms with Crippen LogP contribution in [0.4, 0.5) is 5.69 Å². The van der Waals surface area contributed by atoms with Crippen LogP contribution >= 0.6 is 0 Å². The zero-order chi connectivity index (χ0) is 13.7. The first-order valence-corrected chi connectivity index (χ1v) is 7.77. The van der Waals surface area contributed by atoms with Gasteiger partial charge < -0.3 is 10.4 Å². The summed E-state index contributed by atoms with van der Waals surface area (Å²) in [5.41, 5.74) is 3.15. The molecule has 2 N–H and O–H groups in total. The predicted molar refractivity (Wildman–Crippen MR) is 79.6 cm³/mol. The minimum atomic E-state index is -0.851. The van der Waals surface area contributed by atoms with Gasteiger partial charge in [-0.25, -0.2) is 0 Å². The highest BCUT2D eigenvalue weighted by molar-refractivity contribution is 7.83. The van der Waals surface area contributed by atoms with E-state index in [1.165, 1.54) is 0 Å². The molecule has 0 bridgehead atoms. The summed E-state index contributed by atoms with van der Waals surface area (Å²) >= 11 is 0. The van der Waals surface area contributed by atoms with Crippen LogP contribution in [-0.2, 0) is 23.1 Å². The van der Waals surface area contributed by atoms with Gasteiger partial charge in [0.05, 0.1) is 5.75 Å². The monoisotopic (exact) mass is 275 g/mol. The molecule has 0 unspecified atom stereocenters. The van der Waals surface area contributed by atoms with Crippen molar-refractivity contribution < 1.29 is 9.32 Å². The highest BCUT2D eigenvalue weighted by Crippen LogP contribution is 2.18. The Balaban J connectivity index is 2.06. The third-order valence-corrected chi connectivity index (χ3v) is 3.51. The lowest BCUT2D eigenvalue weighted by Gasteiger charge is -2.11. The van der Waals surface area contributed by atoms with Crippen LogP contribution < -0.4 is 5.32 Å². The highest BCUT2D eigenvalue weighted by atomic mass is 32.2. The average molecular weight is 275 g/mol.